The minimum absolute atomic E-state index is 0.0467. The van der Waals surface area contributed by atoms with Crippen LogP contribution in [0.2, 0.25) is 0 Å². The van der Waals surface area contributed by atoms with E-state index in [4.69, 9.17) is 26.4 Å². The third-order valence-electron chi connectivity index (χ3n) is 3.36. The number of anilines is 1. The van der Waals surface area contributed by atoms with Gasteiger partial charge >= 0.3 is 0 Å². The Labute approximate surface area is 168 Å². The molecule has 1 aromatic carbocycles. The van der Waals surface area contributed by atoms with Crippen molar-refractivity contribution in [2.24, 2.45) is 0 Å². The molecule has 1 heterocycles. The first kappa shape index (κ1) is 21.4. The predicted molar refractivity (Wildman–Crippen MR) is 107 cm³/mol. The van der Waals surface area contributed by atoms with E-state index < -0.39 is 5.91 Å². The van der Waals surface area contributed by atoms with E-state index in [-0.39, 0.29) is 11.1 Å². The maximum Gasteiger partial charge on any atom is 0.269 e. The Bertz CT molecular complexity index is 799. The summed E-state index contributed by atoms with van der Waals surface area (Å²) in [5, 5.41) is 17.0. The number of aromatic nitrogens is 4. The highest BCUT2D eigenvalue weighted by Gasteiger charge is 2.19. The lowest BCUT2D eigenvalue weighted by molar-refractivity contribution is 0.0976. The van der Waals surface area contributed by atoms with Crippen molar-refractivity contribution in [3.63, 3.8) is 0 Å². The maximum atomic E-state index is 12.6. The SMILES string of the molecule is CCOc1cc(C(=O)NC(=S)Nc2nnn(CC)n2)cc(OCC)c1OCC. The summed E-state index contributed by atoms with van der Waals surface area (Å²) in [5.41, 5.74) is 0.310. The van der Waals surface area contributed by atoms with Crippen LogP contribution >= 0.6 is 12.2 Å². The molecule has 0 bridgehead atoms. The summed E-state index contributed by atoms with van der Waals surface area (Å²) in [6.45, 7) is 9.26. The van der Waals surface area contributed by atoms with Crippen LogP contribution in [0.15, 0.2) is 12.1 Å². The Morgan fingerprint density at radius 3 is 2.18 bits per heavy atom. The number of nitrogens with zero attached hydrogens (tertiary/aromatic N) is 4. The molecule has 1 amide bonds. The number of benzene rings is 1. The zero-order valence-corrected chi connectivity index (χ0v) is 17.1. The molecule has 2 N–H and O–H groups in total. The lowest BCUT2D eigenvalue weighted by Gasteiger charge is -2.17. The second-order valence-corrected chi connectivity index (χ2v) is 5.72. The Hall–Kier alpha value is -2.95. The fourth-order valence-electron chi connectivity index (χ4n) is 2.26. The van der Waals surface area contributed by atoms with E-state index in [1.165, 1.54) is 4.80 Å². The van der Waals surface area contributed by atoms with Crippen molar-refractivity contribution in [3.05, 3.63) is 17.7 Å². The number of tetrazole rings is 1. The average molecular weight is 408 g/mol. The number of aryl methyl sites for hydroxylation is 1. The number of nitrogens with one attached hydrogen (secondary N) is 2. The van der Waals surface area contributed by atoms with Gasteiger partial charge in [-0.25, -0.2) is 0 Å². The largest absolute Gasteiger partial charge is 0.490 e. The van der Waals surface area contributed by atoms with E-state index in [0.717, 1.165) is 0 Å². The van der Waals surface area contributed by atoms with E-state index in [0.29, 0.717) is 49.2 Å². The highest BCUT2D eigenvalue weighted by molar-refractivity contribution is 7.80. The second kappa shape index (κ2) is 10.4. The van der Waals surface area contributed by atoms with Crippen LogP contribution in [0.25, 0.3) is 0 Å². The molecule has 0 aliphatic rings. The van der Waals surface area contributed by atoms with Gasteiger partial charge in [0.1, 0.15) is 0 Å². The van der Waals surface area contributed by atoms with Crippen molar-refractivity contribution in [1.29, 1.82) is 0 Å². The van der Waals surface area contributed by atoms with Crippen LogP contribution in [0, 0.1) is 0 Å². The van der Waals surface area contributed by atoms with E-state index in [2.05, 4.69) is 26.0 Å². The average Bonchev–Trinajstić information content (AvgIpc) is 3.11. The van der Waals surface area contributed by atoms with Gasteiger partial charge in [-0.05, 0) is 57.3 Å². The van der Waals surface area contributed by atoms with E-state index >= 15 is 0 Å². The maximum absolute atomic E-state index is 12.6. The molecule has 0 atom stereocenters. The van der Waals surface area contributed by atoms with E-state index in [1.807, 2.05) is 27.7 Å². The van der Waals surface area contributed by atoms with Crippen molar-refractivity contribution in [2.45, 2.75) is 34.2 Å². The number of ether oxygens (including phenoxy) is 3. The summed E-state index contributed by atoms with van der Waals surface area (Å²) in [5.74, 6) is 1.07. The number of carbonyl (C=O) groups is 1. The number of amides is 1. The monoisotopic (exact) mass is 408 g/mol. The number of hydrogen-bond acceptors (Lipinski definition) is 8. The van der Waals surface area contributed by atoms with Crippen LogP contribution < -0.4 is 24.8 Å². The van der Waals surface area contributed by atoms with Gasteiger partial charge in [0, 0.05) is 5.56 Å². The fraction of sp³-hybridized carbons (Fsp3) is 0.471. The standard InChI is InChI=1S/C17H24N6O4S/c1-5-23-21-16(20-22-23)19-17(28)18-15(24)11-9-12(25-6-2)14(27-8-4)13(10-11)26-7-3/h9-10H,5-8H2,1-4H3,(H2,18,19,21,24,28). The minimum atomic E-state index is -0.440. The van der Waals surface area contributed by atoms with Gasteiger partial charge < -0.3 is 14.2 Å². The molecule has 0 aliphatic carbocycles. The zero-order valence-electron chi connectivity index (χ0n) is 16.3. The van der Waals surface area contributed by atoms with Gasteiger partial charge in [0.25, 0.3) is 11.9 Å². The lowest BCUT2D eigenvalue weighted by Crippen LogP contribution is -2.34. The van der Waals surface area contributed by atoms with Gasteiger partial charge in [0.15, 0.2) is 16.6 Å². The molecule has 10 nitrogen and oxygen atoms in total. The number of hydrogen-bond donors (Lipinski definition) is 2. The van der Waals surface area contributed by atoms with Crippen molar-refractivity contribution in [1.82, 2.24) is 25.5 Å². The Morgan fingerprint density at radius 2 is 1.68 bits per heavy atom. The molecule has 28 heavy (non-hydrogen) atoms. The quantitative estimate of drug-likeness (QED) is 0.602. The lowest BCUT2D eigenvalue weighted by atomic mass is 10.1. The van der Waals surface area contributed by atoms with Crippen molar-refractivity contribution >= 4 is 29.2 Å². The van der Waals surface area contributed by atoms with E-state index in [1.54, 1.807) is 12.1 Å². The molecule has 0 unspecified atom stereocenters. The van der Waals surface area contributed by atoms with Crippen LogP contribution in [0.3, 0.4) is 0 Å². The molecule has 2 aromatic rings. The topological polar surface area (TPSA) is 112 Å². The highest BCUT2D eigenvalue weighted by Crippen LogP contribution is 2.39. The Morgan fingerprint density at radius 1 is 1.07 bits per heavy atom. The summed E-state index contributed by atoms with van der Waals surface area (Å²) in [6, 6.07) is 3.17. The molecule has 0 spiro atoms. The van der Waals surface area contributed by atoms with Crippen LogP contribution in [-0.4, -0.2) is 51.0 Å². The minimum Gasteiger partial charge on any atom is -0.490 e. The van der Waals surface area contributed by atoms with Gasteiger partial charge in [-0.1, -0.05) is 5.10 Å². The number of carbonyl (C=O) groups excluding carboxylic acids is 1. The number of thiocarbonyl (C=S) groups is 1. The van der Waals surface area contributed by atoms with Crippen LogP contribution in [0.1, 0.15) is 38.1 Å². The molecule has 0 fully saturated rings. The van der Waals surface area contributed by atoms with Gasteiger partial charge in [-0.3, -0.25) is 15.4 Å². The summed E-state index contributed by atoms with van der Waals surface area (Å²) < 4.78 is 16.9. The smallest absolute Gasteiger partial charge is 0.269 e. The van der Waals surface area contributed by atoms with Gasteiger partial charge in [-0.2, -0.15) is 4.80 Å². The summed E-state index contributed by atoms with van der Waals surface area (Å²) >= 11 is 5.15. The highest BCUT2D eigenvalue weighted by atomic mass is 32.1. The van der Waals surface area contributed by atoms with Crippen molar-refractivity contribution in [2.75, 3.05) is 25.1 Å². The zero-order chi connectivity index (χ0) is 20.5. The summed E-state index contributed by atoms with van der Waals surface area (Å²) in [4.78, 5) is 14.0. The molecular weight excluding hydrogens is 384 g/mol. The summed E-state index contributed by atoms with van der Waals surface area (Å²) in [7, 11) is 0. The first-order valence-electron chi connectivity index (χ1n) is 8.98. The molecule has 1 aromatic heterocycles. The third kappa shape index (κ3) is 5.52. The fourth-order valence-corrected chi connectivity index (χ4v) is 2.44. The van der Waals surface area contributed by atoms with Gasteiger partial charge in [0.05, 0.1) is 26.4 Å². The Kier molecular flexibility index (Phi) is 7.93. The molecule has 0 radical (unpaired) electrons. The molecule has 152 valence electrons. The molecular formula is C17H24N6O4S. The molecule has 11 heteroatoms. The number of rotatable bonds is 9. The summed E-state index contributed by atoms with van der Waals surface area (Å²) in [6.07, 6.45) is 0. The van der Waals surface area contributed by atoms with Gasteiger partial charge in [0.2, 0.25) is 5.75 Å². The van der Waals surface area contributed by atoms with Gasteiger partial charge in [-0.15, -0.1) is 5.10 Å². The van der Waals surface area contributed by atoms with Crippen molar-refractivity contribution in [3.8, 4) is 17.2 Å². The van der Waals surface area contributed by atoms with Crippen LogP contribution in [0.5, 0.6) is 17.2 Å². The second-order valence-electron chi connectivity index (χ2n) is 5.31. The first-order chi connectivity index (χ1) is 13.5. The normalized spacial score (nSPS) is 10.3. The molecule has 0 saturated carbocycles. The van der Waals surface area contributed by atoms with Crippen LogP contribution in [-0.2, 0) is 6.54 Å². The third-order valence-corrected chi connectivity index (χ3v) is 3.56. The van der Waals surface area contributed by atoms with E-state index in [9.17, 15) is 4.79 Å². The molecule has 2 rings (SSSR count). The molecule has 0 aliphatic heterocycles. The van der Waals surface area contributed by atoms with Crippen LogP contribution in [0.4, 0.5) is 5.95 Å². The molecule has 0 saturated heterocycles. The first-order valence-corrected chi connectivity index (χ1v) is 9.39. The predicted octanol–water partition coefficient (Wildman–Crippen LogP) is 2.02. The van der Waals surface area contributed by atoms with Crippen molar-refractivity contribution < 1.29 is 19.0 Å². The Balaban J connectivity index is 2.19.